The molecule has 0 spiro atoms. The number of thiazole rings is 1. The number of nitrogens with two attached hydrogens (primary N) is 1. The normalized spacial score (nSPS) is 10.5. The lowest BCUT2D eigenvalue weighted by Gasteiger charge is -1.98. The van der Waals surface area contributed by atoms with Crippen LogP contribution in [0.2, 0.25) is 0 Å². The molecule has 23 heavy (non-hydrogen) atoms. The van der Waals surface area contributed by atoms with Crippen LogP contribution in [-0.4, -0.2) is 16.8 Å². The van der Waals surface area contributed by atoms with E-state index < -0.39 is 5.91 Å². The van der Waals surface area contributed by atoms with Gasteiger partial charge in [-0.05, 0) is 18.6 Å². The van der Waals surface area contributed by atoms with Crippen molar-refractivity contribution in [2.45, 2.75) is 6.92 Å². The Morgan fingerprint density at radius 3 is 2.61 bits per heavy atom. The first-order valence-corrected chi connectivity index (χ1v) is 8.47. The van der Waals surface area contributed by atoms with E-state index in [1.54, 1.807) is 5.38 Å². The number of hydrogen-bond donors (Lipinski definition) is 2. The summed E-state index contributed by atoms with van der Waals surface area (Å²) in [7, 11) is 0. The summed E-state index contributed by atoms with van der Waals surface area (Å²) < 4.78 is 0. The van der Waals surface area contributed by atoms with E-state index in [0.29, 0.717) is 15.6 Å². The average Bonchev–Trinajstić information content (AvgIpc) is 3.15. The third kappa shape index (κ3) is 3.30. The molecule has 0 unspecified atom stereocenters. The molecule has 0 fully saturated rings. The predicted molar refractivity (Wildman–Crippen MR) is 93.1 cm³/mol. The number of anilines is 1. The molecule has 0 aliphatic rings. The Balaban J connectivity index is 1.80. The van der Waals surface area contributed by atoms with Crippen molar-refractivity contribution >= 4 is 39.6 Å². The molecule has 0 bridgehead atoms. The maximum Gasteiger partial charge on any atom is 0.267 e. The van der Waals surface area contributed by atoms with Gasteiger partial charge in [-0.15, -0.1) is 11.3 Å². The van der Waals surface area contributed by atoms with E-state index in [2.05, 4.69) is 10.3 Å². The first-order chi connectivity index (χ1) is 11.0. The van der Waals surface area contributed by atoms with Gasteiger partial charge in [0, 0.05) is 5.38 Å². The van der Waals surface area contributed by atoms with Gasteiger partial charge < -0.3 is 5.73 Å². The van der Waals surface area contributed by atoms with E-state index in [9.17, 15) is 9.59 Å². The fourth-order valence-corrected chi connectivity index (χ4v) is 3.81. The van der Waals surface area contributed by atoms with Crippen molar-refractivity contribution in [1.29, 1.82) is 0 Å². The molecule has 3 rings (SSSR count). The summed E-state index contributed by atoms with van der Waals surface area (Å²) in [6.45, 7) is 1.91. The summed E-state index contributed by atoms with van der Waals surface area (Å²) in [5.74, 6) is -0.840. The Kier molecular flexibility index (Phi) is 4.22. The number of carbonyl (C=O) groups is 2. The maximum absolute atomic E-state index is 12.2. The van der Waals surface area contributed by atoms with Crippen molar-refractivity contribution in [3.8, 4) is 10.4 Å². The number of benzene rings is 1. The second-order valence-electron chi connectivity index (χ2n) is 4.82. The van der Waals surface area contributed by atoms with Crippen LogP contribution in [0.1, 0.15) is 25.7 Å². The second kappa shape index (κ2) is 6.31. The van der Waals surface area contributed by atoms with Gasteiger partial charge in [-0.25, -0.2) is 4.98 Å². The average molecular weight is 343 g/mol. The van der Waals surface area contributed by atoms with E-state index in [1.807, 2.05) is 37.3 Å². The molecule has 0 saturated carbocycles. The van der Waals surface area contributed by atoms with Crippen molar-refractivity contribution in [2.24, 2.45) is 5.73 Å². The van der Waals surface area contributed by atoms with Gasteiger partial charge in [0.15, 0.2) is 5.13 Å². The molecule has 7 heteroatoms. The highest BCUT2D eigenvalue weighted by Gasteiger charge is 2.15. The molecule has 2 aromatic heterocycles. The molecule has 3 N–H and O–H groups in total. The molecule has 0 atom stereocenters. The van der Waals surface area contributed by atoms with E-state index >= 15 is 0 Å². The van der Waals surface area contributed by atoms with Gasteiger partial charge in [-0.1, -0.05) is 41.7 Å². The molecule has 0 aliphatic heterocycles. The number of primary amides is 1. The molecule has 0 aliphatic carbocycles. The van der Waals surface area contributed by atoms with Gasteiger partial charge >= 0.3 is 0 Å². The van der Waals surface area contributed by atoms with Gasteiger partial charge in [-0.2, -0.15) is 0 Å². The lowest BCUT2D eigenvalue weighted by atomic mass is 10.2. The Hall–Kier alpha value is -2.51. The van der Waals surface area contributed by atoms with Crippen LogP contribution in [0.15, 0.2) is 41.8 Å². The summed E-state index contributed by atoms with van der Waals surface area (Å²) in [6.07, 6.45) is 0. The number of carbonyl (C=O) groups excluding carboxylic acids is 2. The monoisotopic (exact) mass is 343 g/mol. The standard InChI is InChI=1S/C16H13N3O2S2/c1-9-13(10-5-3-2-4-6-10)23-16(18-9)19-15(21)12-7-11(8-22-12)14(17)20/h2-8H,1H3,(H2,17,20)(H,18,19,21). The third-order valence-corrected chi connectivity index (χ3v) is 5.21. The summed E-state index contributed by atoms with van der Waals surface area (Å²) in [5, 5.41) is 4.87. The summed E-state index contributed by atoms with van der Waals surface area (Å²) in [5.41, 5.74) is 7.45. The number of rotatable bonds is 4. The molecule has 2 heterocycles. The van der Waals surface area contributed by atoms with Gasteiger partial charge in [0.1, 0.15) is 0 Å². The molecule has 1 aromatic carbocycles. The minimum Gasteiger partial charge on any atom is -0.366 e. The predicted octanol–water partition coefficient (Wildman–Crippen LogP) is 3.53. The van der Waals surface area contributed by atoms with E-state index in [1.165, 1.54) is 28.7 Å². The molecule has 0 saturated heterocycles. The molecule has 116 valence electrons. The highest BCUT2D eigenvalue weighted by Crippen LogP contribution is 2.32. The number of amides is 2. The Morgan fingerprint density at radius 2 is 1.96 bits per heavy atom. The van der Waals surface area contributed by atoms with Crippen molar-refractivity contribution in [3.63, 3.8) is 0 Å². The Bertz CT molecular complexity index is 869. The molecule has 5 nitrogen and oxygen atoms in total. The van der Waals surface area contributed by atoms with E-state index in [0.717, 1.165) is 16.1 Å². The second-order valence-corrected chi connectivity index (χ2v) is 6.73. The van der Waals surface area contributed by atoms with Crippen LogP contribution in [0.3, 0.4) is 0 Å². The van der Waals surface area contributed by atoms with Gasteiger partial charge in [0.25, 0.3) is 5.91 Å². The molecule has 3 aromatic rings. The van der Waals surface area contributed by atoms with Crippen molar-refractivity contribution in [1.82, 2.24) is 4.98 Å². The highest BCUT2D eigenvalue weighted by atomic mass is 32.1. The number of aromatic nitrogens is 1. The summed E-state index contributed by atoms with van der Waals surface area (Å²) in [6, 6.07) is 11.4. The van der Waals surface area contributed by atoms with Crippen molar-refractivity contribution in [2.75, 3.05) is 5.32 Å². The fourth-order valence-electron chi connectivity index (χ4n) is 2.05. The Labute approximate surface area is 140 Å². The fraction of sp³-hybridized carbons (Fsp3) is 0.0625. The number of nitrogens with one attached hydrogen (secondary N) is 1. The number of nitrogens with zero attached hydrogens (tertiary/aromatic N) is 1. The van der Waals surface area contributed by atoms with Crippen LogP contribution in [0.5, 0.6) is 0 Å². The number of aryl methyl sites for hydroxylation is 1. The summed E-state index contributed by atoms with van der Waals surface area (Å²) >= 11 is 2.60. The van der Waals surface area contributed by atoms with Gasteiger partial charge in [-0.3, -0.25) is 14.9 Å². The zero-order chi connectivity index (χ0) is 16.4. The minimum absolute atomic E-state index is 0.295. The lowest BCUT2D eigenvalue weighted by molar-refractivity contribution is 0.100. The zero-order valence-corrected chi connectivity index (χ0v) is 13.8. The topological polar surface area (TPSA) is 85.1 Å². The van der Waals surface area contributed by atoms with Crippen LogP contribution >= 0.6 is 22.7 Å². The van der Waals surface area contributed by atoms with Crippen LogP contribution in [0.4, 0.5) is 5.13 Å². The third-order valence-electron chi connectivity index (χ3n) is 3.16. The lowest BCUT2D eigenvalue weighted by Crippen LogP contribution is -2.11. The summed E-state index contributed by atoms with van der Waals surface area (Å²) in [4.78, 5) is 29.1. The molecule has 0 radical (unpaired) electrons. The Morgan fingerprint density at radius 1 is 1.22 bits per heavy atom. The van der Waals surface area contributed by atoms with E-state index in [-0.39, 0.29) is 5.91 Å². The molecular formula is C16H13N3O2S2. The SMILES string of the molecule is Cc1nc(NC(=O)c2cc(C(N)=O)cs2)sc1-c1ccccc1. The van der Waals surface area contributed by atoms with Crippen molar-refractivity contribution < 1.29 is 9.59 Å². The van der Waals surface area contributed by atoms with Crippen LogP contribution < -0.4 is 11.1 Å². The quantitative estimate of drug-likeness (QED) is 0.760. The first-order valence-electron chi connectivity index (χ1n) is 6.77. The smallest absolute Gasteiger partial charge is 0.267 e. The van der Waals surface area contributed by atoms with Gasteiger partial charge in [0.2, 0.25) is 5.91 Å². The maximum atomic E-state index is 12.2. The minimum atomic E-state index is -0.545. The molecular weight excluding hydrogens is 330 g/mol. The highest BCUT2D eigenvalue weighted by molar-refractivity contribution is 7.19. The van der Waals surface area contributed by atoms with Gasteiger partial charge in [0.05, 0.1) is 21.0 Å². The van der Waals surface area contributed by atoms with E-state index in [4.69, 9.17) is 5.73 Å². The first kappa shape index (κ1) is 15.4. The van der Waals surface area contributed by atoms with Crippen LogP contribution in [-0.2, 0) is 0 Å². The zero-order valence-electron chi connectivity index (χ0n) is 12.2. The van der Waals surface area contributed by atoms with Crippen molar-refractivity contribution in [3.05, 3.63) is 57.9 Å². The number of hydrogen-bond acceptors (Lipinski definition) is 5. The number of thiophene rings is 1. The molecule has 2 amide bonds. The largest absolute Gasteiger partial charge is 0.366 e. The van der Waals surface area contributed by atoms with Crippen LogP contribution in [0, 0.1) is 6.92 Å². The van der Waals surface area contributed by atoms with Crippen LogP contribution in [0.25, 0.3) is 10.4 Å².